The average molecular weight is 231 g/mol. The molecule has 0 aliphatic heterocycles. The van der Waals surface area contributed by atoms with E-state index in [4.69, 9.17) is 5.11 Å². The molecule has 1 aliphatic carbocycles. The van der Waals surface area contributed by atoms with Crippen molar-refractivity contribution in [2.45, 2.75) is 31.6 Å². The molecule has 2 nitrogen and oxygen atoms in total. The van der Waals surface area contributed by atoms with Gasteiger partial charge in [-0.25, -0.2) is 0 Å². The third kappa shape index (κ3) is 3.22. The summed E-state index contributed by atoms with van der Waals surface area (Å²) in [6.07, 6.45) is 3.69. The molecule has 0 unspecified atom stereocenters. The highest BCUT2D eigenvalue weighted by atomic mass is 24.3. The number of carboxylic acid groups (broad SMARTS) is 1. The first-order chi connectivity index (χ1) is 7.27. The van der Waals surface area contributed by atoms with Crippen LogP contribution in [0.25, 0.3) is 0 Å². The Hall–Kier alpha value is -0.544. The molecule has 0 aromatic heterocycles. The van der Waals surface area contributed by atoms with E-state index in [1.54, 1.807) is 0 Å². The van der Waals surface area contributed by atoms with Crippen LogP contribution in [-0.4, -0.2) is 34.1 Å². The van der Waals surface area contributed by atoms with Gasteiger partial charge in [0.1, 0.15) is 0 Å². The lowest BCUT2D eigenvalue weighted by atomic mass is 9.79. The molecule has 0 saturated heterocycles. The van der Waals surface area contributed by atoms with E-state index in [-0.39, 0.29) is 29.0 Å². The average Bonchev–Trinajstić information content (AvgIpc) is 2.30. The smallest absolute Gasteiger partial charge is 0.316 e. The summed E-state index contributed by atoms with van der Waals surface area (Å²) in [7, 11) is 0. The standard InChI is InChI=1S/C13H16O2.Mg.2H/c14-13(15)12-8-6-11(7-9-12)10-4-2-1-3-5-10;;;/h1-5,11-12H,6-9H2,(H,14,15);;;. The summed E-state index contributed by atoms with van der Waals surface area (Å²) in [6, 6.07) is 10.4. The van der Waals surface area contributed by atoms with Crippen LogP contribution in [0.4, 0.5) is 0 Å². The first kappa shape index (κ1) is 13.5. The molecule has 0 heterocycles. The summed E-state index contributed by atoms with van der Waals surface area (Å²) in [4.78, 5) is 10.8. The summed E-state index contributed by atoms with van der Waals surface area (Å²) < 4.78 is 0. The Morgan fingerprint density at radius 1 is 1.06 bits per heavy atom. The highest BCUT2D eigenvalue weighted by Gasteiger charge is 2.26. The van der Waals surface area contributed by atoms with Gasteiger partial charge in [-0.2, -0.15) is 0 Å². The van der Waals surface area contributed by atoms with Gasteiger partial charge in [-0.15, -0.1) is 0 Å². The molecule has 1 N–H and O–H groups in total. The minimum atomic E-state index is -0.624. The zero-order chi connectivity index (χ0) is 10.7. The lowest BCUT2D eigenvalue weighted by Gasteiger charge is -2.26. The summed E-state index contributed by atoms with van der Waals surface area (Å²) in [5, 5.41) is 8.90. The van der Waals surface area contributed by atoms with Gasteiger partial charge in [-0.3, -0.25) is 4.79 Å². The molecular formula is C13H18MgO2. The van der Waals surface area contributed by atoms with E-state index in [1.807, 2.05) is 6.07 Å². The second-order valence-electron chi connectivity index (χ2n) is 4.30. The molecule has 1 aliphatic rings. The van der Waals surface area contributed by atoms with Crippen LogP contribution < -0.4 is 0 Å². The van der Waals surface area contributed by atoms with E-state index < -0.39 is 5.97 Å². The van der Waals surface area contributed by atoms with Gasteiger partial charge in [-0.1, -0.05) is 30.3 Å². The van der Waals surface area contributed by atoms with Crippen molar-refractivity contribution in [2.75, 3.05) is 0 Å². The number of carboxylic acids is 1. The van der Waals surface area contributed by atoms with Crippen LogP contribution in [0.15, 0.2) is 30.3 Å². The predicted molar refractivity (Wildman–Crippen MR) is 67.3 cm³/mol. The second-order valence-corrected chi connectivity index (χ2v) is 4.30. The Labute approximate surface area is 112 Å². The normalized spacial score (nSPS) is 24.5. The zero-order valence-corrected chi connectivity index (χ0v) is 8.73. The SMILES string of the molecule is O=C(O)C1CCC(c2ccccc2)CC1.[MgH2]. The number of hydrogen-bond acceptors (Lipinski definition) is 1. The molecule has 84 valence electrons. The Kier molecular flexibility index (Phi) is 5.29. The molecule has 0 spiro atoms. The molecule has 2 rings (SSSR count). The third-order valence-electron chi connectivity index (χ3n) is 3.35. The molecule has 3 heteroatoms. The van der Waals surface area contributed by atoms with E-state index in [2.05, 4.69) is 24.3 Å². The van der Waals surface area contributed by atoms with Crippen molar-refractivity contribution in [3.05, 3.63) is 35.9 Å². The van der Waals surface area contributed by atoms with Gasteiger partial charge in [0.25, 0.3) is 0 Å². The molecule has 0 radical (unpaired) electrons. The van der Waals surface area contributed by atoms with Crippen molar-refractivity contribution in [1.82, 2.24) is 0 Å². The topological polar surface area (TPSA) is 37.3 Å². The Morgan fingerprint density at radius 3 is 2.12 bits per heavy atom. The lowest BCUT2D eigenvalue weighted by Crippen LogP contribution is -2.20. The van der Waals surface area contributed by atoms with E-state index in [1.165, 1.54) is 5.56 Å². The minimum absolute atomic E-state index is 0. The summed E-state index contributed by atoms with van der Waals surface area (Å²) in [5.41, 5.74) is 1.36. The van der Waals surface area contributed by atoms with Gasteiger partial charge in [0.05, 0.1) is 5.92 Å². The molecule has 0 atom stereocenters. The Balaban J connectivity index is 0.00000128. The van der Waals surface area contributed by atoms with Crippen LogP contribution >= 0.6 is 0 Å². The van der Waals surface area contributed by atoms with Crippen LogP contribution in [0.3, 0.4) is 0 Å². The maximum atomic E-state index is 10.8. The van der Waals surface area contributed by atoms with E-state index in [9.17, 15) is 4.79 Å². The zero-order valence-electron chi connectivity index (χ0n) is 8.73. The Bertz CT molecular complexity index is 329. The molecule has 16 heavy (non-hydrogen) atoms. The first-order valence-corrected chi connectivity index (χ1v) is 5.55. The molecule has 0 amide bonds. The number of hydrogen-bond donors (Lipinski definition) is 1. The van der Waals surface area contributed by atoms with E-state index >= 15 is 0 Å². The fourth-order valence-corrected chi connectivity index (χ4v) is 2.40. The van der Waals surface area contributed by atoms with Gasteiger partial charge < -0.3 is 5.11 Å². The van der Waals surface area contributed by atoms with Crippen molar-refractivity contribution < 1.29 is 9.90 Å². The van der Waals surface area contributed by atoms with Crippen molar-refractivity contribution in [3.63, 3.8) is 0 Å². The van der Waals surface area contributed by atoms with E-state index in [0.717, 1.165) is 25.7 Å². The van der Waals surface area contributed by atoms with Crippen LogP contribution in [0.1, 0.15) is 37.2 Å². The van der Waals surface area contributed by atoms with Gasteiger partial charge in [0, 0.05) is 0 Å². The highest BCUT2D eigenvalue weighted by Crippen LogP contribution is 2.35. The minimum Gasteiger partial charge on any atom is -0.481 e. The predicted octanol–water partition coefficient (Wildman–Crippen LogP) is 2.13. The quantitative estimate of drug-likeness (QED) is 0.791. The van der Waals surface area contributed by atoms with Gasteiger partial charge >= 0.3 is 29.0 Å². The molecule has 1 fully saturated rings. The fraction of sp³-hybridized carbons (Fsp3) is 0.462. The molecule has 1 saturated carbocycles. The van der Waals surface area contributed by atoms with Crippen LogP contribution in [0.5, 0.6) is 0 Å². The first-order valence-electron chi connectivity index (χ1n) is 5.55. The van der Waals surface area contributed by atoms with Crippen molar-refractivity contribution >= 4 is 29.0 Å². The van der Waals surface area contributed by atoms with Crippen LogP contribution in [0.2, 0.25) is 0 Å². The lowest BCUT2D eigenvalue weighted by molar-refractivity contribution is -0.142. The largest absolute Gasteiger partial charge is 0.481 e. The Morgan fingerprint density at radius 2 is 1.62 bits per heavy atom. The van der Waals surface area contributed by atoms with Gasteiger partial charge in [0.2, 0.25) is 0 Å². The summed E-state index contributed by atoms with van der Waals surface area (Å²) >= 11 is 0. The molecular weight excluding hydrogens is 212 g/mol. The van der Waals surface area contributed by atoms with Gasteiger partial charge in [0.15, 0.2) is 0 Å². The maximum Gasteiger partial charge on any atom is 0.316 e. The van der Waals surface area contributed by atoms with Crippen LogP contribution in [-0.2, 0) is 4.79 Å². The summed E-state index contributed by atoms with van der Waals surface area (Å²) in [6.45, 7) is 0. The number of benzene rings is 1. The van der Waals surface area contributed by atoms with E-state index in [0.29, 0.717) is 5.92 Å². The second kappa shape index (κ2) is 6.26. The molecule has 0 bridgehead atoms. The fourth-order valence-electron chi connectivity index (χ4n) is 2.40. The number of carbonyl (C=O) groups is 1. The number of aliphatic carboxylic acids is 1. The van der Waals surface area contributed by atoms with Crippen LogP contribution in [0, 0.1) is 5.92 Å². The molecule has 1 aromatic carbocycles. The van der Waals surface area contributed by atoms with Crippen molar-refractivity contribution in [3.8, 4) is 0 Å². The highest BCUT2D eigenvalue weighted by molar-refractivity contribution is 5.75. The monoisotopic (exact) mass is 230 g/mol. The third-order valence-corrected chi connectivity index (χ3v) is 3.35. The summed E-state index contributed by atoms with van der Waals surface area (Å²) in [5.74, 6) is -0.159. The molecule has 1 aromatic rings. The van der Waals surface area contributed by atoms with Gasteiger partial charge in [-0.05, 0) is 37.2 Å². The number of rotatable bonds is 2. The maximum absolute atomic E-state index is 10.8. The van der Waals surface area contributed by atoms with Crippen molar-refractivity contribution in [2.24, 2.45) is 5.92 Å². The van der Waals surface area contributed by atoms with Crippen molar-refractivity contribution in [1.29, 1.82) is 0 Å².